The number of rotatable bonds is 19. The summed E-state index contributed by atoms with van der Waals surface area (Å²) < 4.78 is 20.2. The minimum Gasteiger partial charge on any atom is -0.481 e. The molecule has 66 heavy (non-hydrogen) atoms. The second kappa shape index (κ2) is 23.0. The Bertz CT molecular complexity index is 2240. The number of aryl methyl sites for hydroxylation is 1. The van der Waals surface area contributed by atoms with Crippen molar-refractivity contribution in [3.63, 3.8) is 0 Å². The molecule has 7 rings (SSSR count). The Labute approximate surface area is 393 Å². The zero-order chi connectivity index (χ0) is 46.6. The molecule has 1 saturated carbocycles. The van der Waals surface area contributed by atoms with Crippen LogP contribution >= 0.6 is 21.6 Å². The minimum absolute atomic E-state index is 0.0393. The van der Waals surface area contributed by atoms with Gasteiger partial charge in [-0.25, -0.2) is 19.6 Å². The standard InChI is InChI=1S/C47H60FN9O7S2/c1-47(2,28-41(58)54-53-40-8-3-7-39-35(40)12-13-42(52-39)64-24-5-9-44(60)61)66-65-25-16-43(59)56-22-20-55(21-23-56)34-14-18-57(19-15-34)46(63)50-30-32-10-11-33(26-38(32)48)51-45(62)37-27-36(37)31-6-4-17-49-29-31/h4,6,10-13,17,26,29,34,36-37H,3,5,7-9,14-16,18-25,27-28,30H2,1-2H3,(H,50,63)(H,51,62)(H,54,58)(H,60,61)/b53-40+/t36-,37+/m1/s1. The quantitative estimate of drug-likeness (QED) is 0.0603. The number of benzene rings is 1. The molecule has 354 valence electrons. The maximum absolute atomic E-state index is 15.0. The average Bonchev–Trinajstić information content (AvgIpc) is 4.13. The maximum atomic E-state index is 15.0. The van der Waals surface area contributed by atoms with Crippen LogP contribution in [0.1, 0.15) is 99.9 Å². The first-order valence-electron chi connectivity index (χ1n) is 22.9. The molecule has 19 heteroatoms. The number of nitrogens with one attached hydrogen (secondary N) is 3. The van der Waals surface area contributed by atoms with Crippen molar-refractivity contribution in [2.45, 2.75) is 101 Å². The van der Waals surface area contributed by atoms with Crippen molar-refractivity contribution >= 4 is 62.7 Å². The average molecular weight is 946 g/mol. The van der Waals surface area contributed by atoms with Crippen molar-refractivity contribution in [3.8, 4) is 5.88 Å². The number of hydrogen-bond donors (Lipinski definition) is 4. The molecule has 0 unspecified atom stereocenters. The van der Waals surface area contributed by atoms with Gasteiger partial charge in [0.25, 0.3) is 0 Å². The number of carboxylic acid groups (broad SMARTS) is 1. The number of nitrogens with zero attached hydrogens (tertiary/aromatic N) is 6. The van der Waals surface area contributed by atoms with Gasteiger partial charge >= 0.3 is 12.0 Å². The van der Waals surface area contributed by atoms with Crippen LogP contribution in [0, 0.1) is 11.7 Å². The highest BCUT2D eigenvalue weighted by molar-refractivity contribution is 8.77. The summed E-state index contributed by atoms with van der Waals surface area (Å²) >= 11 is 0. The number of halogens is 1. The predicted octanol–water partition coefficient (Wildman–Crippen LogP) is 6.22. The number of piperidine rings is 1. The molecular weight excluding hydrogens is 886 g/mol. The van der Waals surface area contributed by atoms with Gasteiger partial charge in [0.15, 0.2) is 0 Å². The lowest BCUT2D eigenvalue weighted by Gasteiger charge is -2.42. The lowest BCUT2D eigenvalue weighted by atomic mass is 9.94. The Morgan fingerprint density at radius 3 is 2.53 bits per heavy atom. The highest BCUT2D eigenvalue weighted by Gasteiger charge is 2.44. The topological polar surface area (TPSA) is 199 Å². The zero-order valence-electron chi connectivity index (χ0n) is 37.6. The zero-order valence-corrected chi connectivity index (χ0v) is 39.3. The molecule has 3 fully saturated rings. The number of ether oxygens (including phenoxy) is 1. The highest BCUT2D eigenvalue weighted by atomic mass is 33.1. The van der Waals surface area contributed by atoms with Crippen molar-refractivity contribution in [2.24, 2.45) is 11.0 Å². The summed E-state index contributed by atoms with van der Waals surface area (Å²) in [4.78, 5) is 77.4. The number of urea groups is 1. The van der Waals surface area contributed by atoms with E-state index in [4.69, 9.17) is 9.84 Å². The number of pyridine rings is 2. The van der Waals surface area contributed by atoms with Gasteiger partial charge in [-0.3, -0.25) is 29.1 Å². The number of likely N-dealkylation sites (tertiary alicyclic amines) is 1. The Morgan fingerprint density at radius 2 is 1.79 bits per heavy atom. The van der Waals surface area contributed by atoms with Crippen LogP contribution in [0.2, 0.25) is 0 Å². The van der Waals surface area contributed by atoms with Gasteiger partial charge in [0, 0.05) is 123 Å². The molecule has 4 heterocycles. The number of amides is 5. The molecule has 4 aliphatic rings. The van der Waals surface area contributed by atoms with E-state index in [9.17, 15) is 24.0 Å². The van der Waals surface area contributed by atoms with Gasteiger partial charge in [-0.1, -0.05) is 33.7 Å². The molecule has 0 spiro atoms. The third-order valence-corrected chi connectivity index (χ3v) is 15.7. The number of aliphatic carboxylic acids is 1. The largest absolute Gasteiger partial charge is 0.481 e. The van der Waals surface area contributed by atoms with Gasteiger partial charge in [-0.15, -0.1) is 0 Å². The minimum atomic E-state index is -0.860. The Morgan fingerprint density at radius 1 is 0.985 bits per heavy atom. The van der Waals surface area contributed by atoms with E-state index in [-0.39, 0.29) is 66.3 Å². The Hall–Kier alpha value is -5.27. The second-order valence-corrected chi connectivity index (χ2v) is 21.0. The van der Waals surface area contributed by atoms with E-state index in [1.807, 2.05) is 36.9 Å². The van der Waals surface area contributed by atoms with Gasteiger partial charge in [0.1, 0.15) is 5.82 Å². The summed E-state index contributed by atoms with van der Waals surface area (Å²) in [5, 5.41) is 18.9. The first-order chi connectivity index (χ1) is 31.8. The molecule has 2 aliphatic heterocycles. The summed E-state index contributed by atoms with van der Waals surface area (Å²) in [7, 11) is 3.19. The Kier molecular flexibility index (Phi) is 16.9. The lowest BCUT2D eigenvalue weighted by Crippen LogP contribution is -2.55. The van der Waals surface area contributed by atoms with Crippen LogP contribution in [0.3, 0.4) is 0 Å². The lowest BCUT2D eigenvalue weighted by molar-refractivity contribution is -0.137. The van der Waals surface area contributed by atoms with Crippen LogP contribution in [-0.2, 0) is 32.1 Å². The van der Waals surface area contributed by atoms with E-state index in [1.165, 1.54) is 6.07 Å². The monoisotopic (exact) mass is 945 g/mol. The fourth-order valence-electron chi connectivity index (χ4n) is 8.67. The maximum Gasteiger partial charge on any atom is 0.317 e. The fraction of sp³-hybridized carbons (Fsp3) is 0.532. The molecule has 2 saturated heterocycles. The van der Waals surface area contributed by atoms with E-state index in [0.29, 0.717) is 67.9 Å². The molecule has 0 radical (unpaired) electrons. The van der Waals surface area contributed by atoms with E-state index < -0.39 is 11.8 Å². The van der Waals surface area contributed by atoms with Gasteiger partial charge in [0.05, 0.1) is 18.0 Å². The summed E-state index contributed by atoms with van der Waals surface area (Å²) in [6.45, 7) is 8.41. The number of aromatic nitrogens is 2. The molecule has 16 nitrogen and oxygen atoms in total. The van der Waals surface area contributed by atoms with E-state index in [0.717, 1.165) is 74.1 Å². The number of carbonyl (C=O) groups is 5. The fourth-order valence-corrected chi connectivity index (χ4v) is 11.2. The van der Waals surface area contributed by atoms with Crippen LogP contribution < -0.4 is 20.8 Å². The highest BCUT2D eigenvalue weighted by Crippen LogP contribution is 2.47. The molecule has 1 aromatic carbocycles. The van der Waals surface area contributed by atoms with Crippen LogP contribution in [0.25, 0.3) is 0 Å². The first-order valence-corrected chi connectivity index (χ1v) is 25.2. The predicted molar refractivity (Wildman–Crippen MR) is 253 cm³/mol. The molecule has 5 amide bonds. The normalized spacial score (nSPS) is 19.5. The molecule has 4 N–H and O–H groups in total. The van der Waals surface area contributed by atoms with Crippen molar-refractivity contribution in [1.82, 2.24) is 35.4 Å². The molecule has 2 aromatic heterocycles. The smallest absolute Gasteiger partial charge is 0.317 e. The van der Waals surface area contributed by atoms with Gasteiger partial charge in [0.2, 0.25) is 23.6 Å². The number of fused-ring (bicyclic) bond motifs is 1. The van der Waals surface area contributed by atoms with Crippen LogP contribution in [0.5, 0.6) is 5.88 Å². The van der Waals surface area contributed by atoms with Crippen molar-refractivity contribution in [1.29, 1.82) is 0 Å². The number of anilines is 1. The number of carbonyl (C=O) groups excluding carboxylic acids is 4. The summed E-state index contributed by atoms with van der Waals surface area (Å²) in [6.07, 6.45) is 9.30. The van der Waals surface area contributed by atoms with Crippen molar-refractivity contribution in [2.75, 3.05) is 56.9 Å². The van der Waals surface area contributed by atoms with Crippen LogP contribution in [0.15, 0.2) is 60.0 Å². The number of hydrazone groups is 1. The van der Waals surface area contributed by atoms with Crippen molar-refractivity contribution in [3.05, 3.63) is 83.1 Å². The van der Waals surface area contributed by atoms with E-state index in [2.05, 4.69) is 36.0 Å². The van der Waals surface area contributed by atoms with Gasteiger partial charge < -0.3 is 30.3 Å². The molecule has 3 aromatic rings. The molecule has 2 atom stereocenters. The number of carboxylic acids is 1. The van der Waals surface area contributed by atoms with E-state index in [1.54, 1.807) is 57.1 Å². The number of piperazine rings is 1. The number of hydrogen-bond acceptors (Lipinski definition) is 12. The Balaban J connectivity index is 0.740. The molecule has 2 aliphatic carbocycles. The van der Waals surface area contributed by atoms with Crippen LogP contribution in [-0.4, -0.2) is 128 Å². The summed E-state index contributed by atoms with van der Waals surface area (Å²) in [5.74, 6) is -0.497. The van der Waals surface area contributed by atoms with Gasteiger partial charge in [-0.05, 0) is 94.5 Å². The third-order valence-electron chi connectivity index (χ3n) is 12.4. The van der Waals surface area contributed by atoms with Gasteiger partial charge in [-0.2, -0.15) is 5.10 Å². The van der Waals surface area contributed by atoms with Crippen molar-refractivity contribution < 1.29 is 38.2 Å². The SMILES string of the molecule is CC(C)(CC(=O)N/N=C1\CCCc2nc(OCCCC(=O)O)ccc21)SSCCC(=O)N1CCN(C2CCN(C(=O)NCc3ccc(NC(=O)[C@H]4C[C@@H]4c4cccnc4)cc3F)CC2)CC1. The summed E-state index contributed by atoms with van der Waals surface area (Å²) in [6, 6.07) is 12.1. The molecule has 0 bridgehead atoms. The third kappa shape index (κ3) is 13.9. The summed E-state index contributed by atoms with van der Waals surface area (Å²) in [5.41, 5.74) is 6.98. The van der Waals surface area contributed by atoms with Crippen LogP contribution in [0.4, 0.5) is 14.9 Å². The van der Waals surface area contributed by atoms with E-state index >= 15 is 4.39 Å². The second-order valence-electron chi connectivity index (χ2n) is 17.9. The first kappa shape index (κ1) is 48.7. The molecular formula is C47H60FN9O7S2.